The van der Waals surface area contributed by atoms with Gasteiger partial charge in [0.1, 0.15) is 12.2 Å². The number of carbonyl (C=O) groups excluding carboxylic acids is 1. The Kier molecular flexibility index (Phi) is 3.65. The fourth-order valence-corrected chi connectivity index (χ4v) is 1.76. The molecule has 0 aliphatic rings. The van der Waals surface area contributed by atoms with Crippen LogP contribution in [0.1, 0.15) is 16.2 Å². The topological polar surface area (TPSA) is 112 Å². The van der Waals surface area contributed by atoms with Crippen LogP contribution >= 0.6 is 0 Å². The van der Waals surface area contributed by atoms with Gasteiger partial charge < -0.3 is 21.4 Å². The lowest BCUT2D eigenvalue weighted by atomic mass is 10.1. The zero-order valence-electron chi connectivity index (χ0n) is 10.6. The predicted octanol–water partition coefficient (Wildman–Crippen LogP) is 0.151. The van der Waals surface area contributed by atoms with Gasteiger partial charge in [-0.15, -0.1) is 10.2 Å². The molecule has 5 N–H and O–H groups in total. The number of nitrogens with one attached hydrogen (secondary N) is 1. The van der Waals surface area contributed by atoms with Crippen molar-refractivity contribution in [2.24, 2.45) is 12.8 Å². The van der Waals surface area contributed by atoms with Gasteiger partial charge in [0.25, 0.3) is 5.91 Å². The summed E-state index contributed by atoms with van der Waals surface area (Å²) in [6.45, 7) is 0.622. The molecule has 0 fully saturated rings. The van der Waals surface area contributed by atoms with E-state index in [2.05, 4.69) is 15.5 Å². The van der Waals surface area contributed by atoms with Gasteiger partial charge in [-0.05, 0) is 18.2 Å². The summed E-state index contributed by atoms with van der Waals surface area (Å²) in [7, 11) is 1.88. The van der Waals surface area contributed by atoms with E-state index in [0.29, 0.717) is 29.9 Å². The van der Waals surface area contributed by atoms with Crippen molar-refractivity contribution in [1.82, 2.24) is 14.8 Å². The van der Waals surface area contributed by atoms with Gasteiger partial charge in [0, 0.05) is 31.4 Å². The molecule has 1 aromatic heterocycles. The van der Waals surface area contributed by atoms with Crippen molar-refractivity contribution in [3.63, 3.8) is 0 Å². The van der Waals surface area contributed by atoms with Crippen LogP contribution < -0.4 is 16.8 Å². The summed E-state index contributed by atoms with van der Waals surface area (Å²) in [6.07, 6.45) is 2.34. The van der Waals surface area contributed by atoms with Gasteiger partial charge in [0.05, 0.1) is 5.56 Å². The summed E-state index contributed by atoms with van der Waals surface area (Å²) in [5.74, 6) is 0.358. The Balaban J connectivity index is 2.03. The highest BCUT2D eigenvalue weighted by Crippen LogP contribution is 2.18. The van der Waals surface area contributed by atoms with E-state index in [-0.39, 0.29) is 0 Å². The number of carbonyl (C=O) groups is 1. The van der Waals surface area contributed by atoms with Crippen molar-refractivity contribution in [3.05, 3.63) is 35.9 Å². The first kappa shape index (κ1) is 12.9. The van der Waals surface area contributed by atoms with E-state index in [0.717, 1.165) is 5.82 Å². The third-order valence-corrected chi connectivity index (χ3v) is 2.78. The lowest BCUT2D eigenvalue weighted by Gasteiger charge is -2.10. The lowest BCUT2D eigenvalue weighted by molar-refractivity contribution is 0.100. The monoisotopic (exact) mass is 260 g/mol. The normalized spacial score (nSPS) is 10.4. The number of anilines is 2. The standard InChI is InChI=1S/C12H16N6O/c1-18-7-16-17-11(18)4-5-15-10-3-2-8(13)6-9(10)12(14)19/h2-3,6-7,15H,4-5,13H2,1H3,(H2,14,19). The quantitative estimate of drug-likeness (QED) is 0.662. The molecule has 1 aromatic carbocycles. The van der Waals surface area contributed by atoms with Crippen LogP contribution in [-0.2, 0) is 13.5 Å². The van der Waals surface area contributed by atoms with Crippen LogP contribution in [0.3, 0.4) is 0 Å². The highest BCUT2D eigenvalue weighted by Gasteiger charge is 2.08. The molecule has 0 aliphatic heterocycles. The van der Waals surface area contributed by atoms with Crippen molar-refractivity contribution in [1.29, 1.82) is 0 Å². The average molecular weight is 260 g/mol. The number of nitrogen functional groups attached to an aromatic ring is 1. The zero-order chi connectivity index (χ0) is 13.8. The number of hydrogen-bond acceptors (Lipinski definition) is 5. The SMILES string of the molecule is Cn1cnnc1CCNc1ccc(N)cc1C(N)=O. The molecule has 1 amide bonds. The third-order valence-electron chi connectivity index (χ3n) is 2.78. The maximum Gasteiger partial charge on any atom is 0.250 e. The minimum atomic E-state index is -0.506. The molecule has 0 aliphatic carbocycles. The number of amides is 1. The Bertz CT molecular complexity index is 592. The van der Waals surface area contributed by atoms with Crippen LogP contribution in [-0.4, -0.2) is 27.2 Å². The molecule has 0 saturated heterocycles. The first-order chi connectivity index (χ1) is 9.08. The van der Waals surface area contributed by atoms with Gasteiger partial charge in [-0.3, -0.25) is 4.79 Å². The fraction of sp³-hybridized carbons (Fsp3) is 0.250. The fourth-order valence-electron chi connectivity index (χ4n) is 1.76. The molecule has 100 valence electrons. The zero-order valence-corrected chi connectivity index (χ0v) is 10.6. The minimum absolute atomic E-state index is 0.387. The van der Waals surface area contributed by atoms with E-state index in [9.17, 15) is 4.79 Å². The molecular formula is C12H16N6O. The van der Waals surface area contributed by atoms with E-state index in [4.69, 9.17) is 11.5 Å². The lowest BCUT2D eigenvalue weighted by Crippen LogP contribution is -2.16. The first-order valence-electron chi connectivity index (χ1n) is 5.84. The third kappa shape index (κ3) is 3.01. The van der Waals surface area contributed by atoms with E-state index < -0.39 is 5.91 Å². The minimum Gasteiger partial charge on any atom is -0.399 e. The molecule has 0 unspecified atom stereocenters. The summed E-state index contributed by atoms with van der Waals surface area (Å²) < 4.78 is 1.85. The molecule has 0 atom stereocenters. The highest BCUT2D eigenvalue weighted by atomic mass is 16.1. The van der Waals surface area contributed by atoms with Crippen molar-refractivity contribution >= 4 is 17.3 Å². The molecule has 0 saturated carbocycles. The molecule has 7 heteroatoms. The van der Waals surface area contributed by atoms with Crippen molar-refractivity contribution in [2.75, 3.05) is 17.6 Å². The Morgan fingerprint density at radius 2 is 2.26 bits per heavy atom. The summed E-state index contributed by atoms with van der Waals surface area (Å²) in [4.78, 5) is 11.3. The predicted molar refractivity (Wildman–Crippen MR) is 72.6 cm³/mol. The van der Waals surface area contributed by atoms with Crippen LogP contribution in [0.15, 0.2) is 24.5 Å². The number of nitrogens with zero attached hydrogens (tertiary/aromatic N) is 3. The molecule has 7 nitrogen and oxygen atoms in total. The van der Waals surface area contributed by atoms with Gasteiger partial charge >= 0.3 is 0 Å². The largest absolute Gasteiger partial charge is 0.399 e. The summed E-state index contributed by atoms with van der Waals surface area (Å²) in [5.41, 5.74) is 12.5. The molecule has 2 aromatic rings. The van der Waals surface area contributed by atoms with Gasteiger partial charge in [0.2, 0.25) is 0 Å². The van der Waals surface area contributed by atoms with Gasteiger partial charge in [-0.1, -0.05) is 0 Å². The number of rotatable bonds is 5. The number of aryl methyl sites for hydroxylation is 1. The Hall–Kier alpha value is -2.57. The van der Waals surface area contributed by atoms with E-state index in [1.54, 1.807) is 24.5 Å². The average Bonchev–Trinajstić information content (AvgIpc) is 2.77. The van der Waals surface area contributed by atoms with Crippen LogP contribution in [0.2, 0.25) is 0 Å². The maximum atomic E-state index is 11.3. The molecule has 2 rings (SSSR count). The van der Waals surface area contributed by atoms with Gasteiger partial charge in [0.15, 0.2) is 0 Å². The second-order valence-electron chi connectivity index (χ2n) is 4.20. The Morgan fingerprint density at radius 1 is 1.47 bits per heavy atom. The Labute approximate surface area is 110 Å². The van der Waals surface area contributed by atoms with Crippen LogP contribution in [0.5, 0.6) is 0 Å². The molecule has 19 heavy (non-hydrogen) atoms. The molecule has 0 radical (unpaired) electrons. The number of benzene rings is 1. The van der Waals surface area contributed by atoms with Crippen molar-refractivity contribution in [3.8, 4) is 0 Å². The molecule has 0 bridgehead atoms. The summed E-state index contributed by atoms with van der Waals surface area (Å²) >= 11 is 0. The summed E-state index contributed by atoms with van der Waals surface area (Å²) in [5, 5.41) is 10.9. The Morgan fingerprint density at radius 3 is 2.89 bits per heavy atom. The van der Waals surface area contributed by atoms with E-state index in [1.807, 2.05) is 11.6 Å². The number of hydrogen-bond donors (Lipinski definition) is 3. The smallest absolute Gasteiger partial charge is 0.250 e. The molecule has 0 spiro atoms. The molecule has 1 heterocycles. The maximum absolute atomic E-state index is 11.3. The summed E-state index contributed by atoms with van der Waals surface area (Å²) in [6, 6.07) is 5.02. The van der Waals surface area contributed by atoms with Gasteiger partial charge in [-0.2, -0.15) is 0 Å². The van der Waals surface area contributed by atoms with Crippen molar-refractivity contribution < 1.29 is 4.79 Å². The number of nitrogens with two attached hydrogens (primary N) is 2. The first-order valence-corrected chi connectivity index (χ1v) is 5.84. The number of primary amides is 1. The van der Waals surface area contributed by atoms with E-state index >= 15 is 0 Å². The second kappa shape index (κ2) is 5.38. The van der Waals surface area contributed by atoms with Crippen LogP contribution in [0.4, 0.5) is 11.4 Å². The number of aromatic nitrogens is 3. The van der Waals surface area contributed by atoms with Crippen LogP contribution in [0, 0.1) is 0 Å². The second-order valence-corrected chi connectivity index (χ2v) is 4.20. The van der Waals surface area contributed by atoms with Gasteiger partial charge in [-0.25, -0.2) is 0 Å². The van der Waals surface area contributed by atoms with Crippen molar-refractivity contribution in [2.45, 2.75) is 6.42 Å². The van der Waals surface area contributed by atoms with E-state index in [1.165, 1.54) is 0 Å². The van der Waals surface area contributed by atoms with Crippen LogP contribution in [0.25, 0.3) is 0 Å². The highest BCUT2D eigenvalue weighted by molar-refractivity contribution is 5.99. The molecular weight excluding hydrogens is 244 g/mol.